The lowest BCUT2D eigenvalue weighted by molar-refractivity contribution is -0.348. The molecule has 25 heavy (non-hydrogen) atoms. The Balaban J connectivity index is 2.44. The number of rotatable bonds is 3. The van der Waals surface area contributed by atoms with Crippen LogP contribution in [0.25, 0.3) is 0 Å². The molecule has 0 bridgehead atoms. The Labute approximate surface area is 149 Å². The highest BCUT2D eigenvalue weighted by Gasteiger charge is 2.53. The number of methoxy groups -OCH3 is 1. The molecule has 0 saturated carbocycles. The second kappa shape index (κ2) is 6.98. The van der Waals surface area contributed by atoms with E-state index in [2.05, 4.69) is 20.8 Å². The van der Waals surface area contributed by atoms with E-state index in [4.69, 9.17) is 23.4 Å². The van der Waals surface area contributed by atoms with Crippen molar-refractivity contribution < 1.29 is 32.2 Å². The second-order valence-electron chi connectivity index (χ2n) is 8.55. The van der Waals surface area contributed by atoms with E-state index in [0.29, 0.717) is 0 Å². The summed E-state index contributed by atoms with van der Waals surface area (Å²) < 4.78 is 56.4. The van der Waals surface area contributed by atoms with Crippen molar-refractivity contribution in [1.29, 1.82) is 0 Å². The van der Waals surface area contributed by atoms with Gasteiger partial charge < -0.3 is 23.4 Å². The van der Waals surface area contributed by atoms with E-state index >= 15 is 0 Å². The van der Waals surface area contributed by atoms with E-state index in [-0.39, 0.29) is 17.2 Å². The highest BCUT2D eigenvalue weighted by molar-refractivity contribution is 6.74. The fourth-order valence-electron chi connectivity index (χ4n) is 2.74. The largest absolute Gasteiger partial charge is 0.407 e. The minimum atomic E-state index is -2.34. The molecule has 0 aromatic rings. The first-order valence-corrected chi connectivity index (χ1v) is 11.4. The van der Waals surface area contributed by atoms with Crippen molar-refractivity contribution in [2.45, 2.75) is 83.1 Å². The third-order valence-electron chi connectivity index (χ3n) is 5.20. The summed E-state index contributed by atoms with van der Waals surface area (Å²) in [4.78, 5) is 0. The van der Waals surface area contributed by atoms with Crippen LogP contribution in [0.1, 0.15) is 34.6 Å². The predicted molar refractivity (Wildman–Crippen MR) is 91.9 cm³/mol. The summed E-state index contributed by atoms with van der Waals surface area (Å²) in [5, 5.41) is -0.137. The molecule has 2 aliphatic rings. The van der Waals surface area contributed by atoms with Crippen LogP contribution in [-0.2, 0) is 23.4 Å². The summed E-state index contributed by atoms with van der Waals surface area (Å²) in [7, 11) is -1.01. The van der Waals surface area contributed by atoms with E-state index in [1.54, 1.807) is 13.8 Å². The lowest BCUT2D eigenvalue weighted by atomic mass is 9.96. The number of fused-ring (bicyclic) bond motifs is 1. The summed E-state index contributed by atoms with van der Waals surface area (Å²) in [5.74, 6) is -0.891. The van der Waals surface area contributed by atoms with E-state index in [1.165, 1.54) is 7.11 Å². The topological polar surface area (TPSA) is 46.2 Å². The van der Waals surface area contributed by atoms with Crippen LogP contribution in [0.4, 0.5) is 8.78 Å². The molecule has 146 valence electrons. The highest BCUT2D eigenvalue weighted by Crippen LogP contribution is 2.43. The highest BCUT2D eigenvalue weighted by atomic mass is 28.4. The zero-order valence-corrected chi connectivity index (χ0v) is 17.3. The van der Waals surface area contributed by atoms with Gasteiger partial charge in [-0.25, -0.2) is 0 Å². The molecule has 2 heterocycles. The summed E-state index contributed by atoms with van der Waals surface area (Å²) in [5.41, 5.74) is -0.286. The Morgan fingerprint density at radius 1 is 1.24 bits per heavy atom. The van der Waals surface area contributed by atoms with Gasteiger partial charge in [-0.2, -0.15) is 8.78 Å². The molecule has 2 rings (SSSR count). The van der Waals surface area contributed by atoms with Crippen LogP contribution in [0.5, 0.6) is 0 Å². The fraction of sp³-hybridized carbons (Fsp3) is 0.882. The maximum absolute atomic E-state index is 13.8. The molecule has 5 nitrogen and oxygen atoms in total. The summed E-state index contributed by atoms with van der Waals surface area (Å²) in [6.07, 6.45) is -5.16. The van der Waals surface area contributed by atoms with Gasteiger partial charge in [0.2, 0.25) is 0 Å². The first kappa shape index (κ1) is 20.9. The Hall–Kier alpha value is -0.383. The quantitative estimate of drug-likeness (QED) is 0.691. The number of ether oxygens (including phenoxy) is 4. The van der Waals surface area contributed by atoms with Crippen LogP contribution in [-0.4, -0.2) is 52.4 Å². The molecule has 0 aromatic heterocycles. The van der Waals surface area contributed by atoms with Crippen LogP contribution in [0.15, 0.2) is 11.7 Å². The Morgan fingerprint density at radius 3 is 2.32 bits per heavy atom. The average Bonchev–Trinajstić information content (AvgIpc) is 2.44. The van der Waals surface area contributed by atoms with Crippen LogP contribution in [0.3, 0.4) is 0 Å². The summed E-state index contributed by atoms with van der Waals surface area (Å²) >= 11 is 0. The van der Waals surface area contributed by atoms with Gasteiger partial charge in [0, 0.05) is 7.11 Å². The summed E-state index contributed by atoms with van der Waals surface area (Å²) in [6.45, 7) is 14.0. The van der Waals surface area contributed by atoms with Gasteiger partial charge >= 0.3 is 0 Å². The second-order valence-corrected chi connectivity index (χ2v) is 13.3. The monoisotopic (exact) mass is 380 g/mol. The third kappa shape index (κ3) is 4.31. The SMILES string of the molecule is CO[C@H]1O[C@@H]2COC(C)(C)O[C@H]2[C@H](O[Si](C)(C)C(C)(C)C)C1=C(F)F. The molecule has 4 atom stereocenters. The van der Waals surface area contributed by atoms with Gasteiger partial charge in [0.1, 0.15) is 18.3 Å². The molecule has 0 unspecified atom stereocenters. The molecule has 2 saturated heterocycles. The Morgan fingerprint density at radius 2 is 1.84 bits per heavy atom. The maximum atomic E-state index is 13.8. The van der Waals surface area contributed by atoms with Crippen LogP contribution in [0, 0.1) is 0 Å². The van der Waals surface area contributed by atoms with Crippen LogP contribution in [0.2, 0.25) is 18.1 Å². The van der Waals surface area contributed by atoms with Crippen molar-refractivity contribution >= 4 is 8.32 Å². The lowest BCUT2D eigenvalue weighted by Crippen LogP contribution is -2.63. The van der Waals surface area contributed by atoms with Gasteiger partial charge in [0.25, 0.3) is 6.08 Å². The van der Waals surface area contributed by atoms with Gasteiger partial charge in [0.15, 0.2) is 20.4 Å². The maximum Gasteiger partial charge on any atom is 0.277 e. The van der Waals surface area contributed by atoms with Crippen LogP contribution >= 0.6 is 0 Å². The van der Waals surface area contributed by atoms with E-state index in [9.17, 15) is 8.78 Å². The summed E-state index contributed by atoms with van der Waals surface area (Å²) in [6, 6.07) is 0. The van der Waals surface area contributed by atoms with Gasteiger partial charge in [-0.3, -0.25) is 0 Å². The van der Waals surface area contributed by atoms with Crippen LogP contribution < -0.4 is 0 Å². The van der Waals surface area contributed by atoms with Crippen molar-refractivity contribution in [2.75, 3.05) is 13.7 Å². The van der Waals surface area contributed by atoms with Crippen molar-refractivity contribution in [2.24, 2.45) is 0 Å². The molecule has 0 amide bonds. The lowest BCUT2D eigenvalue weighted by Gasteiger charge is -2.51. The molecule has 0 aliphatic carbocycles. The van der Waals surface area contributed by atoms with E-state index < -0.39 is 44.8 Å². The smallest absolute Gasteiger partial charge is 0.277 e. The molecule has 0 spiro atoms. The van der Waals surface area contributed by atoms with Crippen molar-refractivity contribution in [1.82, 2.24) is 0 Å². The molecule has 0 N–H and O–H groups in total. The Bertz CT molecular complexity index is 526. The molecule has 2 fully saturated rings. The van der Waals surface area contributed by atoms with Gasteiger partial charge in [-0.15, -0.1) is 0 Å². The van der Waals surface area contributed by atoms with E-state index in [0.717, 1.165) is 0 Å². The molecule has 0 radical (unpaired) electrons. The first-order valence-electron chi connectivity index (χ1n) is 8.52. The minimum Gasteiger partial charge on any atom is -0.407 e. The molecule has 0 aromatic carbocycles. The fourth-order valence-corrected chi connectivity index (χ4v) is 3.99. The average molecular weight is 381 g/mol. The van der Waals surface area contributed by atoms with Gasteiger partial charge in [-0.1, -0.05) is 20.8 Å². The predicted octanol–water partition coefficient (Wildman–Crippen LogP) is 4.05. The normalized spacial score (nSPS) is 33.1. The Kier molecular flexibility index (Phi) is 5.84. The number of hydrogen-bond acceptors (Lipinski definition) is 5. The van der Waals surface area contributed by atoms with E-state index in [1.807, 2.05) is 13.1 Å². The van der Waals surface area contributed by atoms with Crippen molar-refractivity contribution in [3.8, 4) is 0 Å². The molecule has 2 aliphatic heterocycles. The number of hydrogen-bond donors (Lipinski definition) is 0. The standard InChI is InChI=1S/C17H30F2O5Si/c1-16(2,3)25(7,8)24-13-11(14(18)19)15(20-6)22-10-9-21-17(4,5)23-12(10)13/h10,12-13,15H,9H2,1-8H3/t10-,12-,13-,15+/m1/s1. The zero-order valence-electron chi connectivity index (χ0n) is 16.3. The molecule has 8 heteroatoms. The minimum absolute atomic E-state index is 0.137. The van der Waals surface area contributed by atoms with Gasteiger partial charge in [0.05, 0.1) is 12.2 Å². The molecular weight excluding hydrogens is 350 g/mol. The third-order valence-corrected chi connectivity index (χ3v) is 9.65. The zero-order chi connectivity index (χ0) is 19.2. The molecular formula is C17H30F2O5Si. The first-order chi connectivity index (χ1) is 11.3. The van der Waals surface area contributed by atoms with Crippen molar-refractivity contribution in [3.05, 3.63) is 11.7 Å². The van der Waals surface area contributed by atoms with Crippen molar-refractivity contribution in [3.63, 3.8) is 0 Å². The van der Waals surface area contributed by atoms with Gasteiger partial charge in [-0.05, 0) is 32.0 Å². The number of halogens is 2.